The minimum atomic E-state index is 0.731. The molecule has 5 heteroatoms. The number of aromatic nitrogens is 2. The monoisotopic (exact) mass is 263 g/mol. The van der Waals surface area contributed by atoms with Gasteiger partial charge in [-0.2, -0.15) is 5.10 Å². The van der Waals surface area contributed by atoms with E-state index in [1.54, 1.807) is 0 Å². The molecule has 1 heterocycles. The summed E-state index contributed by atoms with van der Waals surface area (Å²) in [6.07, 6.45) is 2.15. The van der Waals surface area contributed by atoms with E-state index in [1.807, 2.05) is 11.6 Å². The Balaban J connectivity index is 2.46. The summed E-state index contributed by atoms with van der Waals surface area (Å²) in [6, 6.07) is 0. The molecule has 0 aliphatic rings. The van der Waals surface area contributed by atoms with Crippen molar-refractivity contribution in [3.8, 4) is 0 Å². The zero-order valence-electron chi connectivity index (χ0n) is 9.89. The summed E-state index contributed by atoms with van der Waals surface area (Å²) >= 11 is 11.8. The molecule has 0 saturated carbocycles. The van der Waals surface area contributed by atoms with Crippen LogP contribution in [-0.2, 0) is 13.1 Å². The minimum absolute atomic E-state index is 0.731. The van der Waals surface area contributed by atoms with Crippen molar-refractivity contribution in [3.63, 3.8) is 0 Å². The highest BCUT2D eigenvalue weighted by Gasteiger charge is 2.11. The van der Waals surface area contributed by atoms with E-state index in [0.717, 1.165) is 54.8 Å². The third kappa shape index (κ3) is 3.65. The van der Waals surface area contributed by atoms with Gasteiger partial charge < -0.3 is 5.32 Å². The van der Waals surface area contributed by atoms with Crippen LogP contribution in [0.25, 0.3) is 0 Å². The molecule has 0 spiro atoms. The lowest BCUT2D eigenvalue weighted by Gasteiger charge is -2.06. The van der Waals surface area contributed by atoms with Crippen LogP contribution in [0.1, 0.15) is 31.2 Å². The van der Waals surface area contributed by atoms with Crippen molar-refractivity contribution < 1.29 is 0 Å². The summed E-state index contributed by atoms with van der Waals surface area (Å²) in [4.78, 5) is 0. The fourth-order valence-corrected chi connectivity index (χ4v) is 1.98. The van der Waals surface area contributed by atoms with Crippen LogP contribution in [0.4, 0.5) is 0 Å². The van der Waals surface area contributed by atoms with Crippen molar-refractivity contribution in [3.05, 3.63) is 16.4 Å². The van der Waals surface area contributed by atoms with Crippen molar-refractivity contribution in [2.24, 2.45) is 0 Å². The summed E-state index contributed by atoms with van der Waals surface area (Å²) in [7, 11) is 0. The molecule has 1 rings (SSSR count). The van der Waals surface area contributed by atoms with Crippen LogP contribution >= 0.6 is 23.2 Å². The van der Waals surface area contributed by atoms with E-state index in [1.165, 1.54) is 0 Å². The fraction of sp³-hybridized carbons (Fsp3) is 0.727. The maximum atomic E-state index is 6.19. The number of hydrogen-bond acceptors (Lipinski definition) is 2. The van der Waals surface area contributed by atoms with Crippen molar-refractivity contribution in [1.82, 2.24) is 15.1 Å². The van der Waals surface area contributed by atoms with E-state index < -0.39 is 0 Å². The van der Waals surface area contributed by atoms with E-state index in [0.29, 0.717) is 0 Å². The number of halogens is 2. The average Bonchev–Trinajstić information content (AvgIpc) is 2.56. The van der Waals surface area contributed by atoms with E-state index in [-0.39, 0.29) is 0 Å². The van der Waals surface area contributed by atoms with Gasteiger partial charge in [0.05, 0.1) is 16.4 Å². The average molecular weight is 264 g/mol. The largest absolute Gasteiger partial charge is 0.311 e. The predicted octanol–water partition coefficient (Wildman–Crippen LogP) is 2.97. The molecule has 1 aromatic rings. The molecule has 0 amide bonds. The molecule has 0 fully saturated rings. The van der Waals surface area contributed by atoms with Gasteiger partial charge in [-0.1, -0.05) is 11.6 Å². The molecule has 0 bridgehead atoms. The molecule has 0 saturated heterocycles. The van der Waals surface area contributed by atoms with Crippen LogP contribution in [0.2, 0.25) is 5.02 Å². The molecule has 1 N–H and O–H groups in total. The second-order valence-corrected chi connectivity index (χ2v) is 4.49. The highest BCUT2D eigenvalue weighted by molar-refractivity contribution is 6.31. The Morgan fingerprint density at radius 3 is 2.75 bits per heavy atom. The second-order valence-electron chi connectivity index (χ2n) is 3.73. The molecule has 0 radical (unpaired) electrons. The third-order valence-electron chi connectivity index (χ3n) is 2.48. The topological polar surface area (TPSA) is 29.9 Å². The van der Waals surface area contributed by atoms with Gasteiger partial charge in [0.25, 0.3) is 0 Å². The Labute approximate surface area is 107 Å². The van der Waals surface area contributed by atoms with Gasteiger partial charge in [-0.25, -0.2) is 0 Å². The zero-order chi connectivity index (χ0) is 12.0. The highest BCUT2D eigenvalue weighted by Crippen LogP contribution is 2.19. The highest BCUT2D eigenvalue weighted by atomic mass is 35.5. The van der Waals surface area contributed by atoms with Gasteiger partial charge in [0.2, 0.25) is 0 Å². The summed E-state index contributed by atoms with van der Waals surface area (Å²) in [5, 5.41) is 8.51. The van der Waals surface area contributed by atoms with Crippen molar-refractivity contribution in [2.75, 3.05) is 12.4 Å². The van der Waals surface area contributed by atoms with Crippen LogP contribution in [0.15, 0.2) is 0 Å². The molecule has 0 unspecified atom stereocenters. The minimum Gasteiger partial charge on any atom is -0.311 e. The van der Waals surface area contributed by atoms with Gasteiger partial charge in [0.1, 0.15) is 0 Å². The Morgan fingerprint density at radius 1 is 1.38 bits per heavy atom. The van der Waals surface area contributed by atoms with E-state index >= 15 is 0 Å². The molecule has 0 aromatic carbocycles. The molecule has 0 aliphatic heterocycles. The van der Waals surface area contributed by atoms with E-state index in [9.17, 15) is 0 Å². The predicted molar refractivity (Wildman–Crippen MR) is 69.3 cm³/mol. The number of hydrogen-bond donors (Lipinski definition) is 1. The Morgan fingerprint density at radius 2 is 2.12 bits per heavy atom. The first kappa shape index (κ1) is 13.8. The van der Waals surface area contributed by atoms with Crippen molar-refractivity contribution in [1.29, 1.82) is 0 Å². The van der Waals surface area contributed by atoms with Gasteiger partial charge in [-0.15, -0.1) is 11.6 Å². The lowest BCUT2D eigenvalue weighted by molar-refractivity contribution is 0.570. The molecular formula is C11H19Cl2N3. The number of unbranched alkanes of at least 4 members (excludes halogenated alkanes) is 1. The van der Waals surface area contributed by atoms with Crippen molar-refractivity contribution >= 4 is 23.2 Å². The van der Waals surface area contributed by atoms with Crippen LogP contribution in [-0.4, -0.2) is 22.2 Å². The molecule has 1 aromatic heterocycles. The standard InChI is InChI=1S/C11H19Cl2N3/c1-3-16-10(11(13)9(2)15-16)8-14-7-5-4-6-12/h14H,3-8H2,1-2H3. The van der Waals surface area contributed by atoms with Crippen LogP contribution < -0.4 is 5.32 Å². The normalized spacial score (nSPS) is 11.0. The summed E-state index contributed by atoms with van der Waals surface area (Å²) < 4.78 is 1.95. The summed E-state index contributed by atoms with van der Waals surface area (Å²) in [5.74, 6) is 0.731. The van der Waals surface area contributed by atoms with Gasteiger partial charge in [-0.3, -0.25) is 4.68 Å². The molecular weight excluding hydrogens is 245 g/mol. The molecule has 3 nitrogen and oxygen atoms in total. The smallest absolute Gasteiger partial charge is 0.0860 e. The Bertz CT molecular complexity index is 323. The van der Waals surface area contributed by atoms with E-state index in [4.69, 9.17) is 23.2 Å². The molecule has 0 atom stereocenters. The quantitative estimate of drug-likeness (QED) is 0.606. The van der Waals surface area contributed by atoms with Crippen LogP contribution in [0.3, 0.4) is 0 Å². The summed E-state index contributed by atoms with van der Waals surface area (Å²) in [6.45, 7) is 6.60. The lowest BCUT2D eigenvalue weighted by atomic mass is 10.3. The number of nitrogens with one attached hydrogen (secondary N) is 1. The number of nitrogens with zero attached hydrogens (tertiary/aromatic N) is 2. The molecule has 92 valence electrons. The van der Waals surface area contributed by atoms with Gasteiger partial charge in [0.15, 0.2) is 0 Å². The Hall–Kier alpha value is -0.250. The third-order valence-corrected chi connectivity index (χ3v) is 3.24. The van der Waals surface area contributed by atoms with Gasteiger partial charge in [0, 0.05) is 19.0 Å². The SMILES string of the molecule is CCn1nc(C)c(Cl)c1CNCCCCCl. The first-order valence-corrected chi connectivity index (χ1v) is 6.60. The zero-order valence-corrected chi connectivity index (χ0v) is 11.4. The first-order chi connectivity index (χ1) is 7.70. The first-order valence-electron chi connectivity index (χ1n) is 5.69. The maximum Gasteiger partial charge on any atom is 0.0860 e. The van der Waals surface area contributed by atoms with Gasteiger partial charge in [-0.05, 0) is 33.2 Å². The van der Waals surface area contributed by atoms with Gasteiger partial charge >= 0.3 is 0 Å². The van der Waals surface area contributed by atoms with Crippen molar-refractivity contribution in [2.45, 2.75) is 39.8 Å². The Kier molecular flexibility index (Phi) is 6.17. The van der Waals surface area contributed by atoms with E-state index in [2.05, 4.69) is 17.3 Å². The van der Waals surface area contributed by atoms with Crippen LogP contribution in [0, 0.1) is 6.92 Å². The lowest BCUT2D eigenvalue weighted by Crippen LogP contribution is -2.18. The molecule has 0 aliphatic carbocycles. The number of aryl methyl sites for hydroxylation is 2. The summed E-state index contributed by atoms with van der Waals surface area (Å²) in [5.41, 5.74) is 1.98. The maximum absolute atomic E-state index is 6.19. The fourth-order valence-electron chi connectivity index (χ4n) is 1.59. The number of alkyl halides is 1. The van der Waals surface area contributed by atoms with Crippen LogP contribution in [0.5, 0.6) is 0 Å². The number of rotatable bonds is 7. The second kappa shape index (κ2) is 7.15. The molecule has 16 heavy (non-hydrogen) atoms.